The number of hydrogen-bond donors (Lipinski definition) is 0. The fourth-order valence-electron chi connectivity index (χ4n) is 3.57. The molecule has 0 radical (unpaired) electrons. The van der Waals surface area contributed by atoms with Crippen LogP contribution >= 0.6 is 0 Å². The van der Waals surface area contributed by atoms with Gasteiger partial charge < -0.3 is 0 Å². The Morgan fingerprint density at radius 2 is 2.04 bits per heavy atom. The van der Waals surface area contributed by atoms with Gasteiger partial charge in [0, 0.05) is 44.0 Å². The number of aromatic nitrogens is 4. The van der Waals surface area contributed by atoms with Crippen molar-refractivity contribution >= 4 is 11.2 Å². The molecule has 1 fully saturated rings. The Morgan fingerprint density at radius 3 is 2.92 bits per heavy atom. The Balaban J connectivity index is 1.57. The van der Waals surface area contributed by atoms with Gasteiger partial charge in [0.05, 0.1) is 5.69 Å². The highest BCUT2D eigenvalue weighted by atomic mass is 19.1. The second-order valence-electron chi connectivity index (χ2n) is 6.40. The normalized spacial score (nSPS) is 19.0. The van der Waals surface area contributed by atoms with Gasteiger partial charge in [-0.15, -0.1) is 0 Å². The molecule has 1 atom stereocenters. The molecule has 1 aliphatic heterocycles. The van der Waals surface area contributed by atoms with E-state index in [2.05, 4.69) is 20.0 Å². The minimum Gasteiger partial charge on any atom is -0.298 e. The second kappa shape index (κ2) is 6.28. The van der Waals surface area contributed by atoms with Gasteiger partial charge in [-0.3, -0.25) is 4.90 Å². The van der Waals surface area contributed by atoms with E-state index in [-0.39, 0.29) is 5.82 Å². The number of rotatable bonds is 3. The first kappa shape index (κ1) is 15.2. The standard InChI is InChI=1S/C18H20FN5/c1-23-18-17(20-8-9-21-18)16(22-23)14-6-4-10-24(12-14)11-13-5-2-3-7-15(13)19/h2-3,5,7-9,14H,4,6,10-12H2,1H3/t14-/m1/s1. The summed E-state index contributed by atoms with van der Waals surface area (Å²) >= 11 is 0. The van der Waals surface area contributed by atoms with Gasteiger partial charge in [-0.1, -0.05) is 18.2 Å². The lowest BCUT2D eigenvalue weighted by atomic mass is 9.94. The minimum atomic E-state index is -0.131. The van der Waals surface area contributed by atoms with Crippen molar-refractivity contribution < 1.29 is 4.39 Å². The Kier molecular flexibility index (Phi) is 3.98. The SMILES string of the molecule is Cn1nc([C@@H]2CCCN(Cc3ccccc3F)C2)c2nccnc21. The summed E-state index contributed by atoms with van der Waals surface area (Å²) in [6, 6.07) is 7.01. The van der Waals surface area contributed by atoms with Crippen LogP contribution < -0.4 is 0 Å². The van der Waals surface area contributed by atoms with E-state index in [0.29, 0.717) is 12.5 Å². The quantitative estimate of drug-likeness (QED) is 0.743. The first-order valence-electron chi connectivity index (χ1n) is 8.32. The number of likely N-dealkylation sites (tertiary alicyclic amines) is 1. The number of nitrogens with zero attached hydrogens (tertiary/aromatic N) is 5. The molecular formula is C18H20FN5. The minimum absolute atomic E-state index is 0.131. The molecule has 0 bridgehead atoms. The van der Waals surface area contributed by atoms with Gasteiger partial charge >= 0.3 is 0 Å². The summed E-state index contributed by atoms with van der Waals surface area (Å²) in [6.45, 7) is 2.50. The van der Waals surface area contributed by atoms with Crippen LogP contribution in [0.3, 0.4) is 0 Å². The number of benzene rings is 1. The van der Waals surface area contributed by atoms with Crippen LogP contribution in [0.4, 0.5) is 4.39 Å². The average molecular weight is 325 g/mol. The summed E-state index contributed by atoms with van der Waals surface area (Å²) in [6.07, 6.45) is 5.57. The molecule has 124 valence electrons. The summed E-state index contributed by atoms with van der Waals surface area (Å²) in [7, 11) is 1.90. The van der Waals surface area contributed by atoms with Crippen LogP contribution in [0, 0.1) is 5.82 Å². The van der Waals surface area contributed by atoms with Crippen molar-refractivity contribution in [3.63, 3.8) is 0 Å². The van der Waals surface area contributed by atoms with E-state index in [1.54, 1.807) is 23.1 Å². The van der Waals surface area contributed by atoms with Crippen LogP contribution in [0.2, 0.25) is 0 Å². The van der Waals surface area contributed by atoms with Crippen molar-refractivity contribution in [1.82, 2.24) is 24.6 Å². The van der Waals surface area contributed by atoms with Gasteiger partial charge in [0.2, 0.25) is 0 Å². The van der Waals surface area contributed by atoms with Crippen LogP contribution in [0.25, 0.3) is 11.2 Å². The van der Waals surface area contributed by atoms with Gasteiger partial charge in [0.1, 0.15) is 11.3 Å². The van der Waals surface area contributed by atoms with Gasteiger partial charge in [-0.05, 0) is 25.5 Å². The molecule has 4 rings (SSSR count). The molecule has 0 spiro atoms. The number of fused-ring (bicyclic) bond motifs is 1. The molecule has 6 heteroatoms. The maximum atomic E-state index is 13.9. The lowest BCUT2D eigenvalue weighted by Crippen LogP contribution is -2.34. The zero-order valence-corrected chi connectivity index (χ0v) is 13.7. The number of aryl methyl sites for hydroxylation is 1. The summed E-state index contributed by atoms with van der Waals surface area (Å²) in [4.78, 5) is 11.2. The lowest BCUT2D eigenvalue weighted by molar-refractivity contribution is 0.196. The van der Waals surface area contributed by atoms with E-state index in [9.17, 15) is 4.39 Å². The largest absolute Gasteiger partial charge is 0.298 e. The average Bonchev–Trinajstić information content (AvgIpc) is 2.95. The van der Waals surface area contributed by atoms with Gasteiger partial charge in [-0.2, -0.15) is 5.10 Å². The van der Waals surface area contributed by atoms with Crippen molar-refractivity contribution in [3.8, 4) is 0 Å². The molecule has 1 aromatic carbocycles. The van der Waals surface area contributed by atoms with Crippen molar-refractivity contribution in [2.75, 3.05) is 13.1 Å². The van der Waals surface area contributed by atoms with Gasteiger partial charge in [-0.25, -0.2) is 19.0 Å². The molecule has 0 saturated carbocycles. The molecule has 0 amide bonds. The molecule has 3 heterocycles. The highest BCUT2D eigenvalue weighted by Crippen LogP contribution is 2.30. The third-order valence-corrected chi connectivity index (χ3v) is 4.73. The zero-order valence-electron chi connectivity index (χ0n) is 13.7. The first-order valence-corrected chi connectivity index (χ1v) is 8.32. The van der Waals surface area contributed by atoms with Gasteiger partial charge in [0.15, 0.2) is 5.65 Å². The summed E-state index contributed by atoms with van der Waals surface area (Å²) in [5.74, 6) is 0.180. The Hall–Kier alpha value is -2.34. The molecule has 0 N–H and O–H groups in total. The molecule has 5 nitrogen and oxygen atoms in total. The highest BCUT2D eigenvalue weighted by molar-refractivity contribution is 5.73. The molecule has 2 aromatic heterocycles. The summed E-state index contributed by atoms with van der Waals surface area (Å²) in [5.41, 5.74) is 3.47. The monoisotopic (exact) mass is 325 g/mol. The van der Waals surface area contributed by atoms with E-state index >= 15 is 0 Å². The third-order valence-electron chi connectivity index (χ3n) is 4.73. The predicted molar refractivity (Wildman–Crippen MR) is 90.0 cm³/mol. The van der Waals surface area contributed by atoms with E-state index in [1.165, 1.54) is 6.07 Å². The number of halogens is 1. The topological polar surface area (TPSA) is 46.8 Å². The van der Waals surface area contributed by atoms with Crippen LogP contribution in [0.1, 0.15) is 30.0 Å². The van der Waals surface area contributed by atoms with Gasteiger partial charge in [0.25, 0.3) is 0 Å². The molecule has 0 aliphatic carbocycles. The predicted octanol–water partition coefficient (Wildman–Crippen LogP) is 2.88. The molecular weight excluding hydrogens is 305 g/mol. The third kappa shape index (κ3) is 2.78. The maximum Gasteiger partial charge on any atom is 0.176 e. The lowest BCUT2D eigenvalue weighted by Gasteiger charge is -2.32. The van der Waals surface area contributed by atoms with Crippen molar-refractivity contribution in [2.24, 2.45) is 7.05 Å². The number of hydrogen-bond acceptors (Lipinski definition) is 4. The van der Waals surface area contributed by atoms with Crippen molar-refractivity contribution in [3.05, 3.63) is 53.7 Å². The van der Waals surface area contributed by atoms with Crippen molar-refractivity contribution in [1.29, 1.82) is 0 Å². The first-order chi connectivity index (χ1) is 11.7. The highest BCUT2D eigenvalue weighted by Gasteiger charge is 2.26. The van der Waals surface area contributed by atoms with E-state index in [0.717, 1.165) is 48.4 Å². The molecule has 0 unspecified atom stereocenters. The Bertz CT molecular complexity index is 859. The maximum absolute atomic E-state index is 13.9. The van der Waals surface area contributed by atoms with Crippen LogP contribution in [0.5, 0.6) is 0 Å². The molecule has 1 saturated heterocycles. The van der Waals surface area contributed by atoms with Crippen LogP contribution in [-0.2, 0) is 13.6 Å². The molecule has 3 aromatic rings. The van der Waals surface area contributed by atoms with E-state index in [1.807, 2.05) is 19.2 Å². The van der Waals surface area contributed by atoms with E-state index < -0.39 is 0 Å². The fourth-order valence-corrected chi connectivity index (χ4v) is 3.57. The number of piperidine rings is 1. The molecule has 1 aliphatic rings. The smallest absolute Gasteiger partial charge is 0.176 e. The Morgan fingerprint density at radius 1 is 1.21 bits per heavy atom. The van der Waals surface area contributed by atoms with Crippen LogP contribution in [0.15, 0.2) is 36.7 Å². The zero-order chi connectivity index (χ0) is 16.5. The second-order valence-corrected chi connectivity index (χ2v) is 6.40. The van der Waals surface area contributed by atoms with Crippen LogP contribution in [-0.4, -0.2) is 37.7 Å². The van der Waals surface area contributed by atoms with E-state index in [4.69, 9.17) is 0 Å². The fraction of sp³-hybridized carbons (Fsp3) is 0.389. The Labute approximate surface area is 140 Å². The summed E-state index contributed by atoms with van der Waals surface area (Å²) < 4.78 is 15.7. The molecule has 24 heavy (non-hydrogen) atoms. The summed E-state index contributed by atoms with van der Waals surface area (Å²) in [5, 5.41) is 4.66. The van der Waals surface area contributed by atoms with Crippen molar-refractivity contribution in [2.45, 2.75) is 25.3 Å².